The van der Waals surface area contributed by atoms with Crippen molar-refractivity contribution in [1.29, 1.82) is 0 Å². The van der Waals surface area contributed by atoms with Gasteiger partial charge in [0.05, 0.1) is 0 Å². The molecule has 0 heterocycles. The van der Waals surface area contributed by atoms with Crippen LogP contribution in [-0.4, -0.2) is 17.3 Å². The van der Waals surface area contributed by atoms with Gasteiger partial charge in [-0.2, -0.15) is 0 Å². The average Bonchev–Trinajstić information content (AvgIpc) is 2.31. The number of benzene rings is 1. The summed E-state index contributed by atoms with van der Waals surface area (Å²) in [6, 6.07) is 1.36. The lowest BCUT2D eigenvalue weighted by molar-refractivity contribution is 0.0952. The summed E-state index contributed by atoms with van der Waals surface area (Å²) >= 11 is 3.40. The molecule has 1 aromatic rings. The molecule has 0 aliphatic heterocycles. The SMILES string of the molecule is CC(C)CC(Br)CNC(=O)c1cc(F)c(F)c(F)c1. The molecule has 0 aromatic heterocycles. The van der Waals surface area contributed by atoms with E-state index < -0.39 is 23.4 Å². The highest BCUT2D eigenvalue weighted by atomic mass is 79.9. The highest BCUT2D eigenvalue weighted by Crippen LogP contribution is 2.14. The molecule has 0 aliphatic carbocycles. The maximum atomic E-state index is 13.0. The van der Waals surface area contributed by atoms with E-state index in [-0.39, 0.29) is 10.4 Å². The van der Waals surface area contributed by atoms with E-state index in [0.29, 0.717) is 24.6 Å². The Balaban J connectivity index is 2.64. The number of carbonyl (C=O) groups is 1. The Morgan fingerprint density at radius 3 is 2.26 bits per heavy atom. The summed E-state index contributed by atoms with van der Waals surface area (Å²) < 4.78 is 38.7. The van der Waals surface area contributed by atoms with Crippen LogP contribution >= 0.6 is 15.9 Å². The largest absolute Gasteiger partial charge is 0.351 e. The zero-order valence-electron chi connectivity index (χ0n) is 10.6. The maximum Gasteiger partial charge on any atom is 0.251 e. The van der Waals surface area contributed by atoms with Gasteiger partial charge in [0.2, 0.25) is 0 Å². The number of rotatable bonds is 5. The van der Waals surface area contributed by atoms with E-state index in [1.54, 1.807) is 0 Å². The molecule has 1 rings (SSSR count). The normalized spacial score (nSPS) is 12.6. The number of alkyl halides is 1. The molecule has 0 radical (unpaired) electrons. The van der Waals surface area contributed by atoms with Gasteiger partial charge in [-0.15, -0.1) is 0 Å². The van der Waals surface area contributed by atoms with Crippen molar-refractivity contribution in [3.8, 4) is 0 Å². The summed E-state index contributed by atoms with van der Waals surface area (Å²) in [5.41, 5.74) is -0.236. The quantitative estimate of drug-likeness (QED) is 0.645. The summed E-state index contributed by atoms with van der Waals surface area (Å²) in [5, 5.41) is 2.54. The molecular formula is C13H15BrF3NO. The fraction of sp³-hybridized carbons (Fsp3) is 0.462. The minimum atomic E-state index is -1.57. The van der Waals surface area contributed by atoms with Gasteiger partial charge in [0.25, 0.3) is 5.91 Å². The summed E-state index contributed by atoms with van der Waals surface area (Å²) in [5.74, 6) is -4.49. The van der Waals surface area contributed by atoms with E-state index in [2.05, 4.69) is 21.2 Å². The number of nitrogens with one attached hydrogen (secondary N) is 1. The van der Waals surface area contributed by atoms with Gasteiger partial charge in [0.1, 0.15) is 0 Å². The Morgan fingerprint density at radius 2 is 1.79 bits per heavy atom. The summed E-state index contributed by atoms with van der Waals surface area (Å²) in [6.45, 7) is 4.42. The molecule has 0 spiro atoms. The van der Waals surface area contributed by atoms with Gasteiger partial charge in [0.15, 0.2) is 17.5 Å². The van der Waals surface area contributed by atoms with Crippen LogP contribution in [0.15, 0.2) is 12.1 Å². The molecule has 0 fully saturated rings. The van der Waals surface area contributed by atoms with Crippen molar-refractivity contribution < 1.29 is 18.0 Å². The molecule has 2 nitrogen and oxygen atoms in total. The smallest absolute Gasteiger partial charge is 0.251 e. The molecule has 0 saturated carbocycles. The third-order valence-electron chi connectivity index (χ3n) is 2.46. The number of amides is 1. The first kappa shape index (κ1) is 16.0. The van der Waals surface area contributed by atoms with E-state index in [9.17, 15) is 18.0 Å². The van der Waals surface area contributed by atoms with Crippen molar-refractivity contribution in [3.05, 3.63) is 35.1 Å². The van der Waals surface area contributed by atoms with Crippen LogP contribution in [-0.2, 0) is 0 Å². The fourth-order valence-corrected chi connectivity index (χ4v) is 2.50. The Morgan fingerprint density at radius 1 is 1.26 bits per heavy atom. The molecule has 106 valence electrons. The standard InChI is InChI=1S/C13H15BrF3NO/c1-7(2)3-9(14)6-18-13(19)8-4-10(15)12(17)11(16)5-8/h4-5,7,9H,3,6H2,1-2H3,(H,18,19). The van der Waals surface area contributed by atoms with E-state index >= 15 is 0 Å². The molecule has 19 heavy (non-hydrogen) atoms. The number of hydrogen-bond donors (Lipinski definition) is 1. The molecule has 1 aromatic carbocycles. The summed E-state index contributed by atoms with van der Waals surface area (Å²) in [7, 11) is 0. The lowest BCUT2D eigenvalue weighted by Gasteiger charge is -2.13. The van der Waals surface area contributed by atoms with Crippen molar-refractivity contribution in [2.45, 2.75) is 25.1 Å². The van der Waals surface area contributed by atoms with Crippen molar-refractivity contribution in [3.63, 3.8) is 0 Å². The van der Waals surface area contributed by atoms with Crippen LogP contribution in [0.5, 0.6) is 0 Å². The summed E-state index contributed by atoms with van der Waals surface area (Å²) in [6.07, 6.45) is 0.854. The first-order chi connectivity index (χ1) is 8.81. The second-order valence-corrected chi connectivity index (χ2v) is 5.99. The van der Waals surface area contributed by atoms with E-state index in [1.165, 1.54) is 0 Å². The second kappa shape index (κ2) is 6.93. The van der Waals surface area contributed by atoms with Gasteiger partial charge in [-0.25, -0.2) is 13.2 Å². The monoisotopic (exact) mass is 337 g/mol. The Bertz CT molecular complexity index is 442. The van der Waals surface area contributed by atoms with Crippen LogP contribution in [0.3, 0.4) is 0 Å². The lowest BCUT2D eigenvalue weighted by atomic mass is 10.1. The topological polar surface area (TPSA) is 29.1 Å². The first-order valence-corrected chi connectivity index (χ1v) is 6.79. The molecule has 1 amide bonds. The van der Waals surface area contributed by atoms with Crippen LogP contribution < -0.4 is 5.32 Å². The minimum absolute atomic E-state index is 0.0755. The molecule has 0 aliphatic rings. The van der Waals surface area contributed by atoms with Crippen LogP contribution in [0.4, 0.5) is 13.2 Å². The Hall–Kier alpha value is -1.04. The maximum absolute atomic E-state index is 13.0. The van der Waals surface area contributed by atoms with E-state index in [4.69, 9.17) is 0 Å². The molecule has 1 N–H and O–H groups in total. The Kier molecular flexibility index (Phi) is 5.85. The minimum Gasteiger partial charge on any atom is -0.351 e. The number of carbonyl (C=O) groups excluding carboxylic acids is 1. The fourth-order valence-electron chi connectivity index (χ4n) is 1.59. The molecule has 0 bridgehead atoms. The van der Waals surface area contributed by atoms with Crippen molar-refractivity contribution in [2.75, 3.05) is 6.54 Å². The lowest BCUT2D eigenvalue weighted by Crippen LogP contribution is -2.30. The highest BCUT2D eigenvalue weighted by Gasteiger charge is 2.16. The highest BCUT2D eigenvalue weighted by molar-refractivity contribution is 9.09. The van der Waals surface area contributed by atoms with Gasteiger partial charge < -0.3 is 5.32 Å². The number of halogens is 4. The van der Waals surface area contributed by atoms with Gasteiger partial charge in [-0.1, -0.05) is 29.8 Å². The van der Waals surface area contributed by atoms with Crippen LogP contribution in [0.1, 0.15) is 30.6 Å². The molecular weight excluding hydrogens is 323 g/mol. The molecule has 1 unspecified atom stereocenters. The van der Waals surface area contributed by atoms with Crippen LogP contribution in [0, 0.1) is 23.4 Å². The van der Waals surface area contributed by atoms with Crippen molar-refractivity contribution >= 4 is 21.8 Å². The van der Waals surface area contributed by atoms with Crippen LogP contribution in [0.2, 0.25) is 0 Å². The average molecular weight is 338 g/mol. The van der Waals surface area contributed by atoms with Gasteiger partial charge in [0, 0.05) is 16.9 Å². The van der Waals surface area contributed by atoms with Gasteiger partial charge in [-0.05, 0) is 24.5 Å². The van der Waals surface area contributed by atoms with Gasteiger partial charge >= 0.3 is 0 Å². The van der Waals surface area contributed by atoms with Crippen molar-refractivity contribution in [1.82, 2.24) is 5.32 Å². The third kappa shape index (κ3) is 4.86. The predicted octanol–water partition coefficient (Wildman–Crippen LogP) is 3.64. The Labute approximate surface area is 118 Å². The molecule has 1 atom stereocenters. The summed E-state index contributed by atoms with van der Waals surface area (Å²) in [4.78, 5) is 11.7. The number of hydrogen-bond acceptors (Lipinski definition) is 1. The molecule has 0 saturated heterocycles. The zero-order valence-corrected chi connectivity index (χ0v) is 12.2. The van der Waals surface area contributed by atoms with E-state index in [0.717, 1.165) is 6.42 Å². The second-order valence-electron chi connectivity index (χ2n) is 4.69. The van der Waals surface area contributed by atoms with Crippen molar-refractivity contribution in [2.24, 2.45) is 5.92 Å². The third-order valence-corrected chi connectivity index (χ3v) is 3.15. The van der Waals surface area contributed by atoms with Gasteiger partial charge in [-0.3, -0.25) is 4.79 Å². The van der Waals surface area contributed by atoms with Crippen LogP contribution in [0.25, 0.3) is 0 Å². The first-order valence-electron chi connectivity index (χ1n) is 5.88. The van der Waals surface area contributed by atoms with E-state index in [1.807, 2.05) is 13.8 Å². The molecule has 6 heteroatoms. The zero-order chi connectivity index (χ0) is 14.6. The predicted molar refractivity (Wildman–Crippen MR) is 70.8 cm³/mol.